The first-order valence-electron chi connectivity index (χ1n) is 9.85. The van der Waals surface area contributed by atoms with Gasteiger partial charge < -0.3 is 24.4 Å². The topological polar surface area (TPSA) is 55.3 Å². The molecule has 2 aliphatic heterocycles. The lowest BCUT2D eigenvalue weighted by Gasteiger charge is -2.37. The van der Waals surface area contributed by atoms with Gasteiger partial charge >= 0.3 is 0 Å². The molecular weight excluding hydrogens is 349 g/mol. The van der Waals surface area contributed by atoms with Crippen molar-refractivity contribution in [3.8, 4) is 5.75 Å². The van der Waals surface area contributed by atoms with Gasteiger partial charge in [-0.25, -0.2) is 9.38 Å². The number of rotatable bonds is 6. The summed E-state index contributed by atoms with van der Waals surface area (Å²) >= 11 is 0. The lowest BCUT2D eigenvalue weighted by Crippen LogP contribution is -2.53. The molecule has 3 rings (SSSR count). The van der Waals surface area contributed by atoms with Crippen molar-refractivity contribution in [2.75, 3.05) is 39.4 Å². The Morgan fingerprint density at radius 1 is 1.33 bits per heavy atom. The van der Waals surface area contributed by atoms with E-state index in [4.69, 9.17) is 19.2 Å². The maximum absolute atomic E-state index is 13.7. The number of hydrogen-bond acceptors (Lipinski definition) is 4. The molecule has 0 bridgehead atoms. The number of benzene rings is 1. The molecule has 0 spiro atoms. The van der Waals surface area contributed by atoms with Crippen LogP contribution in [0, 0.1) is 5.82 Å². The summed E-state index contributed by atoms with van der Waals surface area (Å²) in [6, 6.07) is 6.44. The summed E-state index contributed by atoms with van der Waals surface area (Å²) in [5.41, 5.74) is 0. The van der Waals surface area contributed by atoms with Crippen LogP contribution in [0.15, 0.2) is 29.3 Å². The highest BCUT2D eigenvalue weighted by Crippen LogP contribution is 2.21. The second-order valence-electron chi connectivity index (χ2n) is 6.96. The molecule has 7 heteroatoms. The summed E-state index contributed by atoms with van der Waals surface area (Å²) in [6.45, 7) is 8.21. The molecule has 0 radical (unpaired) electrons. The molecule has 1 aromatic carbocycles. The highest BCUT2D eigenvalue weighted by Gasteiger charge is 2.32. The number of hydrogen-bond donors (Lipinski definition) is 1. The van der Waals surface area contributed by atoms with Gasteiger partial charge in [-0.05, 0) is 38.8 Å². The van der Waals surface area contributed by atoms with Crippen molar-refractivity contribution < 1.29 is 18.6 Å². The van der Waals surface area contributed by atoms with E-state index in [1.54, 1.807) is 18.2 Å². The second kappa shape index (κ2) is 9.90. The summed E-state index contributed by atoms with van der Waals surface area (Å²) in [7, 11) is 0. The number of aliphatic imine (C=N–C) groups is 1. The van der Waals surface area contributed by atoms with Gasteiger partial charge in [-0.1, -0.05) is 12.1 Å². The Balaban J connectivity index is 1.59. The van der Waals surface area contributed by atoms with Gasteiger partial charge in [-0.2, -0.15) is 0 Å². The summed E-state index contributed by atoms with van der Waals surface area (Å²) in [6.07, 6.45) is 2.19. The van der Waals surface area contributed by atoms with E-state index in [9.17, 15) is 4.39 Å². The molecule has 6 nitrogen and oxygen atoms in total. The number of halogens is 1. The number of morpholine rings is 1. The van der Waals surface area contributed by atoms with Crippen molar-refractivity contribution in [1.82, 2.24) is 10.2 Å². The maximum Gasteiger partial charge on any atom is 0.194 e. The molecule has 150 valence electrons. The Bertz CT molecular complexity index is 622. The van der Waals surface area contributed by atoms with E-state index in [1.807, 2.05) is 13.8 Å². The van der Waals surface area contributed by atoms with Crippen LogP contribution in [0.4, 0.5) is 4.39 Å². The van der Waals surface area contributed by atoms with E-state index in [2.05, 4.69) is 10.2 Å². The molecule has 2 aliphatic rings. The van der Waals surface area contributed by atoms with Crippen molar-refractivity contribution in [3.05, 3.63) is 30.1 Å². The van der Waals surface area contributed by atoms with Crippen molar-refractivity contribution in [3.63, 3.8) is 0 Å². The summed E-state index contributed by atoms with van der Waals surface area (Å²) < 4.78 is 31.1. The van der Waals surface area contributed by atoms with Crippen LogP contribution in [0.3, 0.4) is 0 Å². The zero-order valence-electron chi connectivity index (χ0n) is 16.2. The number of nitrogens with one attached hydrogen (secondary N) is 1. The van der Waals surface area contributed by atoms with E-state index in [0.29, 0.717) is 13.2 Å². The zero-order chi connectivity index (χ0) is 19.1. The van der Waals surface area contributed by atoms with Gasteiger partial charge in [0.2, 0.25) is 0 Å². The number of ether oxygens (including phenoxy) is 3. The predicted octanol–water partition coefficient (Wildman–Crippen LogP) is 2.44. The SMILES string of the molecule is CCNC(=NCC(C)Oc1ccccc1F)N1CCOC(C2CCCO2)C1. The van der Waals surface area contributed by atoms with Crippen LogP contribution in [-0.2, 0) is 9.47 Å². The zero-order valence-corrected chi connectivity index (χ0v) is 16.2. The van der Waals surface area contributed by atoms with Crippen LogP contribution >= 0.6 is 0 Å². The first-order chi connectivity index (χ1) is 13.2. The van der Waals surface area contributed by atoms with Crippen LogP contribution in [0.25, 0.3) is 0 Å². The van der Waals surface area contributed by atoms with E-state index in [1.165, 1.54) is 6.07 Å². The van der Waals surface area contributed by atoms with Crippen molar-refractivity contribution in [1.29, 1.82) is 0 Å². The maximum atomic E-state index is 13.7. The molecule has 0 amide bonds. The third-order valence-electron chi connectivity index (χ3n) is 4.77. The minimum Gasteiger partial charge on any atom is -0.486 e. The molecule has 1 N–H and O–H groups in total. The number of nitrogens with zero attached hydrogens (tertiary/aromatic N) is 2. The van der Waals surface area contributed by atoms with Crippen LogP contribution in [0.5, 0.6) is 5.75 Å². The standard InChI is InChI=1S/C20H30FN3O3/c1-3-22-20(23-13-15(2)27-17-8-5-4-7-16(17)21)24-10-12-26-19(14-24)18-9-6-11-25-18/h4-5,7-8,15,18-19H,3,6,9-14H2,1-2H3,(H,22,23). The van der Waals surface area contributed by atoms with E-state index >= 15 is 0 Å². The van der Waals surface area contributed by atoms with Crippen LogP contribution in [0.2, 0.25) is 0 Å². The number of guanidine groups is 1. The van der Waals surface area contributed by atoms with Gasteiger partial charge in [-0.15, -0.1) is 0 Å². The summed E-state index contributed by atoms with van der Waals surface area (Å²) in [5, 5.41) is 3.34. The van der Waals surface area contributed by atoms with E-state index in [-0.39, 0.29) is 29.9 Å². The molecule has 2 heterocycles. The Morgan fingerprint density at radius 2 is 2.15 bits per heavy atom. The fraction of sp³-hybridized carbons (Fsp3) is 0.650. The molecular formula is C20H30FN3O3. The smallest absolute Gasteiger partial charge is 0.194 e. The third-order valence-corrected chi connectivity index (χ3v) is 4.77. The minimum absolute atomic E-state index is 0.0807. The van der Waals surface area contributed by atoms with Gasteiger partial charge in [0, 0.05) is 26.2 Å². The molecule has 2 fully saturated rings. The molecule has 0 aromatic heterocycles. The number of para-hydroxylation sites is 1. The predicted molar refractivity (Wildman–Crippen MR) is 103 cm³/mol. The van der Waals surface area contributed by atoms with Crippen molar-refractivity contribution >= 4 is 5.96 Å². The summed E-state index contributed by atoms with van der Waals surface area (Å²) in [4.78, 5) is 6.93. The van der Waals surface area contributed by atoms with Crippen LogP contribution in [0.1, 0.15) is 26.7 Å². The van der Waals surface area contributed by atoms with Gasteiger partial charge in [0.25, 0.3) is 0 Å². The molecule has 1 aromatic rings. The molecule has 2 saturated heterocycles. The highest BCUT2D eigenvalue weighted by molar-refractivity contribution is 5.80. The average Bonchev–Trinajstić information content (AvgIpc) is 3.22. The fourth-order valence-corrected chi connectivity index (χ4v) is 3.42. The van der Waals surface area contributed by atoms with Gasteiger partial charge in [0.15, 0.2) is 17.5 Å². The van der Waals surface area contributed by atoms with Crippen LogP contribution < -0.4 is 10.1 Å². The average molecular weight is 379 g/mol. The van der Waals surface area contributed by atoms with Crippen molar-refractivity contribution in [2.24, 2.45) is 4.99 Å². The highest BCUT2D eigenvalue weighted by atomic mass is 19.1. The normalized spacial score (nSPS) is 24.7. The van der Waals surface area contributed by atoms with Crippen LogP contribution in [-0.4, -0.2) is 68.6 Å². The molecule has 0 saturated carbocycles. The monoisotopic (exact) mass is 379 g/mol. The fourth-order valence-electron chi connectivity index (χ4n) is 3.42. The van der Waals surface area contributed by atoms with Crippen molar-refractivity contribution in [2.45, 2.75) is 45.0 Å². The van der Waals surface area contributed by atoms with E-state index in [0.717, 1.165) is 45.0 Å². The molecule has 3 unspecified atom stereocenters. The Kier molecular flexibility index (Phi) is 7.29. The molecule has 27 heavy (non-hydrogen) atoms. The van der Waals surface area contributed by atoms with Gasteiger partial charge in [0.05, 0.1) is 19.3 Å². The molecule has 0 aliphatic carbocycles. The lowest BCUT2D eigenvalue weighted by atomic mass is 10.1. The Morgan fingerprint density at radius 3 is 2.89 bits per heavy atom. The largest absolute Gasteiger partial charge is 0.486 e. The second-order valence-corrected chi connectivity index (χ2v) is 6.96. The van der Waals surface area contributed by atoms with Gasteiger partial charge in [-0.3, -0.25) is 0 Å². The lowest BCUT2D eigenvalue weighted by molar-refractivity contribution is -0.0817. The third kappa shape index (κ3) is 5.56. The first-order valence-corrected chi connectivity index (χ1v) is 9.85. The summed E-state index contributed by atoms with van der Waals surface area (Å²) in [5.74, 6) is 0.746. The van der Waals surface area contributed by atoms with Gasteiger partial charge in [0.1, 0.15) is 12.2 Å². The Labute approximate surface area is 160 Å². The quantitative estimate of drug-likeness (QED) is 0.608. The first kappa shape index (κ1) is 19.9. The minimum atomic E-state index is -0.354. The molecule has 3 atom stereocenters. The Hall–Kier alpha value is -1.86. The van der Waals surface area contributed by atoms with E-state index < -0.39 is 0 Å².